The lowest BCUT2D eigenvalue weighted by molar-refractivity contribution is 0.0759. The van der Waals surface area contributed by atoms with E-state index in [1.807, 2.05) is 30.3 Å². The Morgan fingerprint density at radius 1 is 1.40 bits per heavy atom. The highest BCUT2D eigenvalue weighted by molar-refractivity contribution is 5.93. The summed E-state index contributed by atoms with van der Waals surface area (Å²) in [4.78, 5) is 18.5. The molecular formula is C15H17N3O2. The Balaban J connectivity index is 1.88. The van der Waals surface area contributed by atoms with Crippen LogP contribution in [0.15, 0.2) is 34.7 Å². The first-order chi connectivity index (χ1) is 9.65. The summed E-state index contributed by atoms with van der Waals surface area (Å²) in [5.41, 5.74) is 7.32. The van der Waals surface area contributed by atoms with Crippen molar-refractivity contribution < 1.29 is 9.21 Å². The van der Waals surface area contributed by atoms with Crippen molar-refractivity contribution in [2.75, 3.05) is 13.1 Å². The molecule has 20 heavy (non-hydrogen) atoms. The predicted octanol–water partition coefficient (Wildman–Crippen LogP) is 1.82. The van der Waals surface area contributed by atoms with Crippen LogP contribution in [0.1, 0.15) is 22.7 Å². The van der Waals surface area contributed by atoms with Crippen molar-refractivity contribution in [3.8, 4) is 11.5 Å². The molecule has 1 amide bonds. The summed E-state index contributed by atoms with van der Waals surface area (Å²) in [5, 5.41) is 0. The van der Waals surface area contributed by atoms with Crippen molar-refractivity contribution in [3.05, 3.63) is 41.8 Å². The van der Waals surface area contributed by atoms with E-state index in [4.69, 9.17) is 10.2 Å². The molecule has 5 heteroatoms. The minimum absolute atomic E-state index is 0.0655. The fourth-order valence-corrected chi connectivity index (χ4v) is 2.41. The third kappa shape index (κ3) is 2.32. The fourth-order valence-electron chi connectivity index (χ4n) is 2.41. The van der Waals surface area contributed by atoms with Crippen molar-refractivity contribution >= 4 is 5.91 Å². The fraction of sp³-hybridized carbons (Fsp3) is 0.333. The van der Waals surface area contributed by atoms with Crippen LogP contribution >= 0.6 is 0 Å². The first kappa shape index (κ1) is 12.9. The van der Waals surface area contributed by atoms with Gasteiger partial charge >= 0.3 is 0 Å². The van der Waals surface area contributed by atoms with Crippen LogP contribution in [0.25, 0.3) is 11.5 Å². The zero-order valence-electron chi connectivity index (χ0n) is 11.4. The Morgan fingerprint density at radius 2 is 2.15 bits per heavy atom. The van der Waals surface area contributed by atoms with E-state index in [1.165, 1.54) is 0 Å². The maximum absolute atomic E-state index is 12.4. The third-order valence-electron chi connectivity index (χ3n) is 3.52. The summed E-state index contributed by atoms with van der Waals surface area (Å²) in [6.07, 6.45) is 0.838. The van der Waals surface area contributed by atoms with Gasteiger partial charge in [-0.25, -0.2) is 4.98 Å². The van der Waals surface area contributed by atoms with Gasteiger partial charge in [-0.3, -0.25) is 4.79 Å². The lowest BCUT2D eigenvalue weighted by atomic mass is 10.2. The molecule has 1 aliphatic rings. The van der Waals surface area contributed by atoms with Crippen LogP contribution in [0, 0.1) is 6.92 Å². The van der Waals surface area contributed by atoms with Gasteiger partial charge in [0.05, 0.1) is 5.69 Å². The topological polar surface area (TPSA) is 72.4 Å². The number of aryl methyl sites for hydroxylation is 1. The number of likely N-dealkylation sites (tertiary alicyclic amines) is 1. The number of carbonyl (C=O) groups is 1. The van der Waals surface area contributed by atoms with Crippen molar-refractivity contribution in [2.24, 2.45) is 5.73 Å². The molecular weight excluding hydrogens is 254 g/mol. The molecule has 0 radical (unpaired) electrons. The number of nitrogens with two attached hydrogens (primary N) is 1. The van der Waals surface area contributed by atoms with E-state index < -0.39 is 0 Å². The molecule has 0 spiro atoms. The second-order valence-corrected chi connectivity index (χ2v) is 5.10. The van der Waals surface area contributed by atoms with Gasteiger partial charge < -0.3 is 15.1 Å². The lowest BCUT2D eigenvalue weighted by Gasteiger charge is -2.13. The Labute approximate surface area is 117 Å². The Hall–Kier alpha value is -2.14. The van der Waals surface area contributed by atoms with E-state index in [0.717, 1.165) is 12.0 Å². The number of carbonyl (C=O) groups excluding carboxylic acids is 1. The molecule has 1 aromatic heterocycles. The smallest absolute Gasteiger partial charge is 0.291 e. The largest absolute Gasteiger partial charge is 0.431 e. The van der Waals surface area contributed by atoms with Crippen molar-refractivity contribution in [1.82, 2.24) is 9.88 Å². The molecule has 0 aliphatic carbocycles. The quantitative estimate of drug-likeness (QED) is 0.904. The van der Waals surface area contributed by atoms with Gasteiger partial charge in [0.1, 0.15) is 0 Å². The Bertz CT molecular complexity index is 621. The number of nitrogens with zero attached hydrogens (tertiary/aromatic N) is 2. The van der Waals surface area contributed by atoms with Crippen molar-refractivity contribution in [3.63, 3.8) is 0 Å². The van der Waals surface area contributed by atoms with Crippen LogP contribution in [-0.4, -0.2) is 34.9 Å². The number of benzene rings is 1. The monoisotopic (exact) mass is 271 g/mol. The van der Waals surface area contributed by atoms with Gasteiger partial charge in [-0.15, -0.1) is 0 Å². The van der Waals surface area contributed by atoms with E-state index in [1.54, 1.807) is 11.8 Å². The molecule has 5 nitrogen and oxygen atoms in total. The van der Waals surface area contributed by atoms with E-state index in [2.05, 4.69) is 4.98 Å². The average molecular weight is 271 g/mol. The number of hydrogen-bond acceptors (Lipinski definition) is 4. The molecule has 0 saturated carbocycles. The SMILES string of the molecule is Cc1nc(-c2ccccc2)oc1C(=O)N1CC[C@@H](N)C1. The molecule has 0 unspecified atom stereocenters. The van der Waals surface area contributed by atoms with Crippen LogP contribution in [0.4, 0.5) is 0 Å². The molecule has 2 heterocycles. The summed E-state index contributed by atoms with van der Waals surface area (Å²) in [7, 11) is 0. The minimum atomic E-state index is -0.120. The highest BCUT2D eigenvalue weighted by Gasteiger charge is 2.28. The maximum Gasteiger partial charge on any atom is 0.291 e. The van der Waals surface area contributed by atoms with Gasteiger partial charge in [0.15, 0.2) is 0 Å². The van der Waals surface area contributed by atoms with Gasteiger partial charge in [0.25, 0.3) is 5.91 Å². The zero-order valence-corrected chi connectivity index (χ0v) is 11.4. The molecule has 104 valence electrons. The maximum atomic E-state index is 12.4. The second-order valence-electron chi connectivity index (χ2n) is 5.10. The van der Waals surface area contributed by atoms with Crippen LogP contribution in [0.5, 0.6) is 0 Å². The van der Waals surface area contributed by atoms with E-state index in [0.29, 0.717) is 30.4 Å². The number of hydrogen-bond donors (Lipinski definition) is 1. The van der Waals surface area contributed by atoms with Crippen LogP contribution < -0.4 is 5.73 Å². The van der Waals surface area contributed by atoms with E-state index >= 15 is 0 Å². The van der Waals surface area contributed by atoms with Gasteiger partial charge in [-0.1, -0.05) is 18.2 Å². The van der Waals surface area contributed by atoms with Crippen molar-refractivity contribution in [2.45, 2.75) is 19.4 Å². The average Bonchev–Trinajstić information content (AvgIpc) is 3.05. The molecule has 2 aromatic rings. The molecule has 1 aliphatic heterocycles. The molecule has 1 atom stereocenters. The summed E-state index contributed by atoms with van der Waals surface area (Å²) >= 11 is 0. The Kier molecular flexibility index (Phi) is 3.28. The van der Waals surface area contributed by atoms with Crippen molar-refractivity contribution in [1.29, 1.82) is 0 Å². The number of oxazole rings is 1. The van der Waals surface area contributed by atoms with Gasteiger partial charge in [0.2, 0.25) is 11.7 Å². The third-order valence-corrected chi connectivity index (χ3v) is 3.52. The molecule has 1 fully saturated rings. The normalized spacial score (nSPS) is 18.5. The lowest BCUT2D eigenvalue weighted by Crippen LogP contribution is -2.32. The minimum Gasteiger partial charge on any atom is -0.431 e. The standard InChI is InChI=1S/C15H17N3O2/c1-10-13(15(19)18-8-7-12(16)9-18)20-14(17-10)11-5-3-2-4-6-11/h2-6,12H,7-9,16H2,1H3/t12-/m1/s1. The first-order valence-electron chi connectivity index (χ1n) is 6.73. The highest BCUT2D eigenvalue weighted by Crippen LogP contribution is 2.23. The van der Waals surface area contributed by atoms with Gasteiger partial charge in [0, 0.05) is 24.7 Å². The van der Waals surface area contributed by atoms with Gasteiger partial charge in [-0.05, 0) is 25.5 Å². The molecule has 1 saturated heterocycles. The zero-order chi connectivity index (χ0) is 14.1. The molecule has 2 N–H and O–H groups in total. The number of rotatable bonds is 2. The van der Waals surface area contributed by atoms with Crippen LogP contribution in [0.3, 0.4) is 0 Å². The summed E-state index contributed by atoms with van der Waals surface area (Å²) in [6, 6.07) is 9.63. The number of aromatic nitrogens is 1. The Morgan fingerprint density at radius 3 is 2.80 bits per heavy atom. The van der Waals surface area contributed by atoms with Crippen LogP contribution in [-0.2, 0) is 0 Å². The first-order valence-corrected chi connectivity index (χ1v) is 6.73. The van der Waals surface area contributed by atoms with Crippen LogP contribution in [0.2, 0.25) is 0 Å². The molecule has 0 bridgehead atoms. The predicted molar refractivity (Wildman–Crippen MR) is 75.2 cm³/mol. The van der Waals surface area contributed by atoms with E-state index in [9.17, 15) is 4.79 Å². The molecule has 3 rings (SSSR count). The summed E-state index contributed by atoms with van der Waals surface area (Å²) in [5.74, 6) is 0.679. The number of amides is 1. The van der Waals surface area contributed by atoms with Gasteiger partial charge in [-0.2, -0.15) is 0 Å². The summed E-state index contributed by atoms with van der Waals surface area (Å²) in [6.45, 7) is 3.06. The highest BCUT2D eigenvalue weighted by atomic mass is 16.4. The molecule has 1 aromatic carbocycles. The van der Waals surface area contributed by atoms with E-state index in [-0.39, 0.29) is 11.9 Å². The summed E-state index contributed by atoms with van der Waals surface area (Å²) < 4.78 is 5.67. The second kappa shape index (κ2) is 5.09.